The highest BCUT2D eigenvalue weighted by atomic mass is 16.1. The van der Waals surface area contributed by atoms with Gasteiger partial charge in [0.1, 0.15) is 0 Å². The standard InChI is InChI=1S/C20H21N3O/c1-12-5-7-18-16(9-12)17-10-13(6-8-19(17)23-18)20(24)22-15-4-2-3-14(21)11-15/h2-4,6,8,10-12,23H,5,7,9,21H2,1H3,(H,22,24). The second kappa shape index (κ2) is 5.71. The number of carbonyl (C=O) groups is 1. The third-order valence-corrected chi connectivity index (χ3v) is 4.84. The number of amides is 1. The van der Waals surface area contributed by atoms with Gasteiger partial charge in [0.2, 0.25) is 0 Å². The molecule has 3 aromatic rings. The van der Waals surface area contributed by atoms with Crippen molar-refractivity contribution in [3.05, 3.63) is 59.3 Å². The number of hydrogen-bond acceptors (Lipinski definition) is 2. The van der Waals surface area contributed by atoms with Gasteiger partial charge >= 0.3 is 0 Å². The molecular formula is C20H21N3O. The van der Waals surface area contributed by atoms with E-state index in [1.165, 1.54) is 23.1 Å². The molecule has 4 heteroatoms. The highest BCUT2D eigenvalue weighted by Crippen LogP contribution is 2.32. The van der Waals surface area contributed by atoms with Crippen LogP contribution < -0.4 is 11.1 Å². The molecule has 122 valence electrons. The number of fused-ring (bicyclic) bond motifs is 3. The number of anilines is 2. The van der Waals surface area contributed by atoms with E-state index in [9.17, 15) is 4.79 Å². The van der Waals surface area contributed by atoms with E-state index in [1.54, 1.807) is 12.1 Å². The quantitative estimate of drug-likeness (QED) is 0.622. The van der Waals surface area contributed by atoms with E-state index in [4.69, 9.17) is 5.73 Å². The Kier molecular flexibility index (Phi) is 3.53. The van der Waals surface area contributed by atoms with Crippen LogP contribution in [0.25, 0.3) is 10.9 Å². The number of aryl methyl sites for hydroxylation is 1. The van der Waals surface area contributed by atoms with E-state index in [0.29, 0.717) is 22.9 Å². The van der Waals surface area contributed by atoms with Crippen molar-refractivity contribution < 1.29 is 4.79 Å². The number of aromatic nitrogens is 1. The summed E-state index contributed by atoms with van der Waals surface area (Å²) in [7, 11) is 0. The van der Waals surface area contributed by atoms with E-state index in [0.717, 1.165) is 18.4 Å². The van der Waals surface area contributed by atoms with Crippen LogP contribution in [0.5, 0.6) is 0 Å². The predicted molar refractivity (Wildman–Crippen MR) is 98.3 cm³/mol. The first kappa shape index (κ1) is 14.8. The van der Waals surface area contributed by atoms with Crippen molar-refractivity contribution in [3.63, 3.8) is 0 Å². The summed E-state index contributed by atoms with van der Waals surface area (Å²) in [6.07, 6.45) is 3.40. The summed E-state index contributed by atoms with van der Waals surface area (Å²) in [6, 6.07) is 13.1. The molecule has 0 radical (unpaired) electrons. The van der Waals surface area contributed by atoms with E-state index in [-0.39, 0.29) is 5.91 Å². The first-order chi connectivity index (χ1) is 11.6. The molecule has 2 aromatic carbocycles. The number of benzene rings is 2. The highest BCUT2D eigenvalue weighted by molar-refractivity contribution is 6.06. The Morgan fingerprint density at radius 3 is 2.96 bits per heavy atom. The van der Waals surface area contributed by atoms with Gasteiger partial charge in [0.15, 0.2) is 0 Å². The maximum Gasteiger partial charge on any atom is 0.255 e. The molecule has 0 spiro atoms. The molecule has 1 heterocycles. The Balaban J connectivity index is 1.67. The Labute approximate surface area is 141 Å². The van der Waals surface area contributed by atoms with Gasteiger partial charge in [-0.1, -0.05) is 13.0 Å². The molecular weight excluding hydrogens is 298 g/mol. The molecule has 0 saturated heterocycles. The molecule has 0 bridgehead atoms. The summed E-state index contributed by atoms with van der Waals surface area (Å²) in [4.78, 5) is 16.1. The molecule has 1 unspecified atom stereocenters. The first-order valence-electron chi connectivity index (χ1n) is 8.40. The average Bonchev–Trinajstić information content (AvgIpc) is 2.92. The van der Waals surface area contributed by atoms with Crippen LogP contribution in [-0.4, -0.2) is 10.9 Å². The van der Waals surface area contributed by atoms with Crippen molar-refractivity contribution in [2.24, 2.45) is 5.92 Å². The van der Waals surface area contributed by atoms with Crippen molar-refractivity contribution in [3.8, 4) is 0 Å². The average molecular weight is 319 g/mol. The molecule has 1 aromatic heterocycles. The van der Waals surface area contributed by atoms with Crippen LogP contribution >= 0.6 is 0 Å². The van der Waals surface area contributed by atoms with Crippen LogP contribution in [0.15, 0.2) is 42.5 Å². The smallest absolute Gasteiger partial charge is 0.255 e. The number of nitrogens with one attached hydrogen (secondary N) is 2. The van der Waals surface area contributed by atoms with E-state index in [1.807, 2.05) is 30.3 Å². The van der Waals surface area contributed by atoms with Gasteiger partial charge in [-0.25, -0.2) is 0 Å². The van der Waals surface area contributed by atoms with Gasteiger partial charge in [-0.2, -0.15) is 0 Å². The van der Waals surface area contributed by atoms with Gasteiger partial charge in [-0.3, -0.25) is 4.79 Å². The molecule has 1 atom stereocenters. The molecule has 0 fully saturated rings. The largest absolute Gasteiger partial charge is 0.399 e. The lowest BCUT2D eigenvalue weighted by atomic mass is 9.87. The number of nitrogens with two attached hydrogens (primary N) is 1. The molecule has 4 N–H and O–H groups in total. The zero-order chi connectivity index (χ0) is 16.7. The van der Waals surface area contributed by atoms with Crippen LogP contribution in [0.3, 0.4) is 0 Å². The third-order valence-electron chi connectivity index (χ3n) is 4.84. The van der Waals surface area contributed by atoms with Crippen LogP contribution in [0, 0.1) is 5.92 Å². The van der Waals surface area contributed by atoms with Crippen LogP contribution in [0.2, 0.25) is 0 Å². The fourth-order valence-corrected chi connectivity index (χ4v) is 3.55. The highest BCUT2D eigenvalue weighted by Gasteiger charge is 2.20. The topological polar surface area (TPSA) is 70.9 Å². The summed E-state index contributed by atoms with van der Waals surface area (Å²) in [5.41, 5.74) is 11.6. The molecule has 1 amide bonds. The molecule has 1 aliphatic rings. The van der Waals surface area contributed by atoms with Gasteiger partial charge in [0.05, 0.1) is 0 Å². The third kappa shape index (κ3) is 2.64. The number of H-pyrrole nitrogens is 1. The molecule has 1 aliphatic carbocycles. The second-order valence-corrected chi connectivity index (χ2v) is 6.77. The number of hydrogen-bond donors (Lipinski definition) is 3. The molecule has 0 aliphatic heterocycles. The number of rotatable bonds is 2. The molecule has 4 rings (SSSR count). The maximum atomic E-state index is 12.6. The zero-order valence-corrected chi connectivity index (χ0v) is 13.7. The normalized spacial score (nSPS) is 16.8. The SMILES string of the molecule is CC1CCc2[nH]c3ccc(C(=O)Nc4cccc(N)c4)cc3c2C1. The van der Waals surface area contributed by atoms with Crippen molar-refractivity contribution in [1.82, 2.24) is 4.98 Å². The Morgan fingerprint density at radius 1 is 1.25 bits per heavy atom. The van der Waals surface area contributed by atoms with Crippen LogP contribution in [0.4, 0.5) is 11.4 Å². The maximum absolute atomic E-state index is 12.6. The fraction of sp³-hybridized carbons (Fsp3) is 0.250. The second-order valence-electron chi connectivity index (χ2n) is 6.77. The summed E-state index contributed by atoms with van der Waals surface area (Å²) in [6.45, 7) is 2.29. The first-order valence-corrected chi connectivity index (χ1v) is 8.40. The van der Waals surface area contributed by atoms with Crippen molar-refractivity contribution in [2.75, 3.05) is 11.1 Å². The summed E-state index contributed by atoms with van der Waals surface area (Å²) in [5, 5.41) is 4.09. The van der Waals surface area contributed by atoms with E-state index >= 15 is 0 Å². The van der Waals surface area contributed by atoms with Gasteiger partial charge in [-0.05, 0) is 67.1 Å². The van der Waals surface area contributed by atoms with Crippen molar-refractivity contribution in [2.45, 2.75) is 26.2 Å². The summed E-state index contributed by atoms with van der Waals surface area (Å²) < 4.78 is 0. The molecule has 24 heavy (non-hydrogen) atoms. The monoisotopic (exact) mass is 319 g/mol. The van der Waals surface area contributed by atoms with E-state index in [2.05, 4.69) is 17.2 Å². The van der Waals surface area contributed by atoms with Gasteiger partial charge in [0.25, 0.3) is 5.91 Å². The Hall–Kier alpha value is -2.75. The Morgan fingerprint density at radius 2 is 2.12 bits per heavy atom. The van der Waals surface area contributed by atoms with Gasteiger partial charge in [0, 0.05) is 33.5 Å². The number of nitrogen functional groups attached to an aromatic ring is 1. The van der Waals surface area contributed by atoms with Gasteiger partial charge < -0.3 is 16.0 Å². The lowest BCUT2D eigenvalue weighted by molar-refractivity contribution is 0.102. The predicted octanol–water partition coefficient (Wildman–Crippen LogP) is 4.13. The molecule has 0 saturated carbocycles. The van der Waals surface area contributed by atoms with Gasteiger partial charge in [-0.15, -0.1) is 0 Å². The minimum Gasteiger partial charge on any atom is -0.399 e. The van der Waals surface area contributed by atoms with Crippen molar-refractivity contribution >= 4 is 28.2 Å². The minimum atomic E-state index is -0.110. The van der Waals surface area contributed by atoms with Crippen LogP contribution in [0.1, 0.15) is 35.0 Å². The zero-order valence-electron chi connectivity index (χ0n) is 13.7. The van der Waals surface area contributed by atoms with Crippen LogP contribution in [-0.2, 0) is 12.8 Å². The van der Waals surface area contributed by atoms with E-state index < -0.39 is 0 Å². The number of carbonyl (C=O) groups excluding carboxylic acids is 1. The Bertz CT molecular complexity index is 926. The lowest BCUT2D eigenvalue weighted by Crippen LogP contribution is -2.12. The summed E-state index contributed by atoms with van der Waals surface area (Å²) in [5.74, 6) is 0.586. The van der Waals surface area contributed by atoms with Crippen molar-refractivity contribution in [1.29, 1.82) is 0 Å². The fourth-order valence-electron chi connectivity index (χ4n) is 3.55. The lowest BCUT2D eigenvalue weighted by Gasteiger charge is -2.18. The summed E-state index contributed by atoms with van der Waals surface area (Å²) >= 11 is 0. The minimum absolute atomic E-state index is 0.110. The molecule has 4 nitrogen and oxygen atoms in total. The number of aromatic amines is 1.